The Morgan fingerprint density at radius 2 is 2.35 bits per heavy atom. The van der Waals surface area contributed by atoms with Crippen LogP contribution in [0.15, 0.2) is 0 Å². The van der Waals surface area contributed by atoms with Gasteiger partial charge in [0.1, 0.15) is 5.92 Å². The summed E-state index contributed by atoms with van der Waals surface area (Å²) in [6, 6.07) is 2.12. The molecule has 1 aliphatic heterocycles. The molecule has 17 heavy (non-hydrogen) atoms. The van der Waals surface area contributed by atoms with Gasteiger partial charge in [0.2, 0.25) is 5.91 Å². The minimum atomic E-state index is -0.455. The normalized spacial score (nSPS) is 22.1. The second-order valence-electron chi connectivity index (χ2n) is 5.11. The number of nitrogens with zero attached hydrogens (tertiary/aromatic N) is 3. The van der Waals surface area contributed by atoms with Crippen LogP contribution in [0.2, 0.25) is 0 Å². The lowest BCUT2D eigenvalue weighted by molar-refractivity contribution is -0.133. The molecule has 0 bridgehead atoms. The third-order valence-electron chi connectivity index (χ3n) is 3.43. The number of likely N-dealkylation sites (tertiary alicyclic amines) is 1. The molecule has 4 nitrogen and oxygen atoms in total. The Hall–Kier alpha value is -1.08. The van der Waals surface area contributed by atoms with E-state index in [1.165, 1.54) is 0 Å². The number of carbonyl (C=O) groups excluding carboxylic acids is 1. The molecular weight excluding hydrogens is 214 g/mol. The maximum atomic E-state index is 12.0. The molecule has 2 unspecified atom stereocenters. The summed E-state index contributed by atoms with van der Waals surface area (Å²) in [5.41, 5.74) is 0. The first-order chi connectivity index (χ1) is 8.08. The standard InChI is InChI=1S/C13H23N3O/c1-4-5-12(8-14)13(17)16(3)10-11-6-7-15(2)9-11/h11-12H,4-7,9-10H2,1-3H3. The zero-order valence-corrected chi connectivity index (χ0v) is 11.1. The Labute approximate surface area is 104 Å². The van der Waals surface area contributed by atoms with Crippen LogP contribution in [0.5, 0.6) is 0 Å². The van der Waals surface area contributed by atoms with Crippen LogP contribution in [0.4, 0.5) is 0 Å². The van der Waals surface area contributed by atoms with Crippen molar-refractivity contribution in [1.29, 1.82) is 5.26 Å². The highest BCUT2D eigenvalue weighted by Gasteiger charge is 2.26. The molecular formula is C13H23N3O. The van der Waals surface area contributed by atoms with Crippen LogP contribution in [0.1, 0.15) is 26.2 Å². The van der Waals surface area contributed by atoms with Gasteiger partial charge in [0.25, 0.3) is 0 Å². The van der Waals surface area contributed by atoms with E-state index in [2.05, 4.69) is 18.0 Å². The zero-order valence-electron chi connectivity index (χ0n) is 11.1. The number of hydrogen-bond acceptors (Lipinski definition) is 3. The highest BCUT2D eigenvalue weighted by molar-refractivity contribution is 5.80. The molecule has 0 spiro atoms. The summed E-state index contributed by atoms with van der Waals surface area (Å²) in [6.45, 7) is 4.96. The van der Waals surface area contributed by atoms with Gasteiger partial charge in [-0.15, -0.1) is 0 Å². The molecule has 4 heteroatoms. The van der Waals surface area contributed by atoms with Crippen molar-refractivity contribution in [3.8, 4) is 6.07 Å². The van der Waals surface area contributed by atoms with Gasteiger partial charge in [0.05, 0.1) is 6.07 Å². The molecule has 0 N–H and O–H groups in total. The van der Waals surface area contributed by atoms with Crippen molar-refractivity contribution in [3.05, 3.63) is 0 Å². The molecule has 0 aromatic carbocycles. The van der Waals surface area contributed by atoms with Gasteiger partial charge in [-0.05, 0) is 32.4 Å². The van der Waals surface area contributed by atoms with Crippen molar-refractivity contribution in [1.82, 2.24) is 9.80 Å². The molecule has 0 aromatic heterocycles. The van der Waals surface area contributed by atoms with Gasteiger partial charge in [-0.3, -0.25) is 4.79 Å². The first-order valence-electron chi connectivity index (χ1n) is 6.41. The van der Waals surface area contributed by atoms with E-state index in [1.54, 1.807) is 4.90 Å². The van der Waals surface area contributed by atoms with Crippen molar-refractivity contribution in [3.63, 3.8) is 0 Å². The summed E-state index contributed by atoms with van der Waals surface area (Å²) >= 11 is 0. The topological polar surface area (TPSA) is 47.3 Å². The molecule has 1 rings (SSSR count). The van der Waals surface area contributed by atoms with E-state index in [0.717, 1.165) is 32.5 Å². The summed E-state index contributed by atoms with van der Waals surface area (Å²) < 4.78 is 0. The third kappa shape index (κ3) is 4.01. The molecule has 0 radical (unpaired) electrons. The summed E-state index contributed by atoms with van der Waals surface area (Å²) in [6.07, 6.45) is 2.70. The van der Waals surface area contributed by atoms with E-state index in [4.69, 9.17) is 5.26 Å². The number of hydrogen-bond donors (Lipinski definition) is 0. The van der Waals surface area contributed by atoms with Crippen LogP contribution >= 0.6 is 0 Å². The monoisotopic (exact) mass is 237 g/mol. The average molecular weight is 237 g/mol. The minimum Gasteiger partial charge on any atom is -0.344 e. The molecule has 1 fully saturated rings. The number of nitriles is 1. The van der Waals surface area contributed by atoms with Crippen LogP contribution in [-0.4, -0.2) is 49.4 Å². The fraction of sp³-hybridized carbons (Fsp3) is 0.846. The SMILES string of the molecule is CCCC(C#N)C(=O)N(C)CC1CCN(C)C1. The highest BCUT2D eigenvalue weighted by atomic mass is 16.2. The first kappa shape index (κ1) is 14.0. The Morgan fingerprint density at radius 3 is 2.82 bits per heavy atom. The van der Waals surface area contributed by atoms with E-state index in [1.807, 2.05) is 14.0 Å². The Bertz CT molecular complexity index is 298. The van der Waals surface area contributed by atoms with Gasteiger partial charge >= 0.3 is 0 Å². The second-order valence-corrected chi connectivity index (χ2v) is 5.11. The second kappa shape index (κ2) is 6.61. The smallest absolute Gasteiger partial charge is 0.239 e. The average Bonchev–Trinajstić information content (AvgIpc) is 2.70. The molecule has 2 atom stereocenters. The molecule has 1 saturated heterocycles. The lowest BCUT2D eigenvalue weighted by Crippen LogP contribution is -2.36. The van der Waals surface area contributed by atoms with Crippen LogP contribution in [0.3, 0.4) is 0 Å². The Balaban J connectivity index is 2.43. The fourth-order valence-electron chi connectivity index (χ4n) is 2.45. The van der Waals surface area contributed by atoms with Crippen LogP contribution in [0, 0.1) is 23.2 Å². The van der Waals surface area contributed by atoms with Crippen molar-refractivity contribution in [2.24, 2.45) is 11.8 Å². The quantitative estimate of drug-likeness (QED) is 0.725. The van der Waals surface area contributed by atoms with E-state index in [9.17, 15) is 4.79 Å². The molecule has 1 aliphatic rings. The van der Waals surface area contributed by atoms with Crippen molar-refractivity contribution in [2.75, 3.05) is 33.7 Å². The van der Waals surface area contributed by atoms with E-state index >= 15 is 0 Å². The molecule has 0 aromatic rings. The summed E-state index contributed by atoms with van der Waals surface area (Å²) in [4.78, 5) is 16.1. The van der Waals surface area contributed by atoms with Crippen LogP contribution in [0.25, 0.3) is 0 Å². The van der Waals surface area contributed by atoms with E-state index in [-0.39, 0.29) is 5.91 Å². The predicted molar refractivity (Wildman–Crippen MR) is 67.3 cm³/mol. The van der Waals surface area contributed by atoms with Gasteiger partial charge in [0.15, 0.2) is 0 Å². The van der Waals surface area contributed by atoms with Gasteiger partial charge in [-0.25, -0.2) is 0 Å². The molecule has 1 heterocycles. The maximum Gasteiger partial charge on any atom is 0.239 e. The summed E-state index contributed by atoms with van der Waals surface area (Å²) in [7, 11) is 3.93. The minimum absolute atomic E-state index is 0.0103. The zero-order chi connectivity index (χ0) is 12.8. The molecule has 0 aliphatic carbocycles. The first-order valence-corrected chi connectivity index (χ1v) is 6.41. The largest absolute Gasteiger partial charge is 0.344 e. The molecule has 96 valence electrons. The molecule has 0 saturated carbocycles. The summed E-state index contributed by atoms with van der Waals surface area (Å²) in [5, 5.41) is 8.97. The van der Waals surface area contributed by atoms with Gasteiger partial charge in [-0.2, -0.15) is 5.26 Å². The lowest BCUT2D eigenvalue weighted by atomic mass is 10.0. The van der Waals surface area contributed by atoms with Crippen LogP contribution < -0.4 is 0 Å². The predicted octanol–water partition coefficient (Wildman–Crippen LogP) is 1.34. The van der Waals surface area contributed by atoms with Crippen molar-refractivity contribution in [2.45, 2.75) is 26.2 Å². The third-order valence-corrected chi connectivity index (χ3v) is 3.43. The number of carbonyl (C=O) groups is 1. The number of rotatable bonds is 5. The Kier molecular flexibility index (Phi) is 5.43. The summed E-state index contributed by atoms with van der Waals surface area (Å²) in [5.74, 6) is 0.1000. The van der Waals surface area contributed by atoms with Crippen molar-refractivity contribution >= 4 is 5.91 Å². The maximum absolute atomic E-state index is 12.0. The van der Waals surface area contributed by atoms with Crippen LogP contribution in [-0.2, 0) is 4.79 Å². The highest BCUT2D eigenvalue weighted by Crippen LogP contribution is 2.17. The van der Waals surface area contributed by atoms with E-state index in [0.29, 0.717) is 12.3 Å². The van der Waals surface area contributed by atoms with Crippen molar-refractivity contribution < 1.29 is 4.79 Å². The molecule has 1 amide bonds. The van der Waals surface area contributed by atoms with Gasteiger partial charge < -0.3 is 9.80 Å². The Morgan fingerprint density at radius 1 is 1.65 bits per heavy atom. The fourth-order valence-corrected chi connectivity index (χ4v) is 2.45. The number of amides is 1. The van der Waals surface area contributed by atoms with Gasteiger partial charge in [0, 0.05) is 20.1 Å². The van der Waals surface area contributed by atoms with E-state index < -0.39 is 5.92 Å². The van der Waals surface area contributed by atoms with Gasteiger partial charge in [-0.1, -0.05) is 13.3 Å². The lowest BCUT2D eigenvalue weighted by Gasteiger charge is -2.23.